The maximum absolute atomic E-state index is 5.04. The minimum absolute atomic E-state index is 1.01. The number of aromatic nitrogens is 2. The van der Waals surface area contributed by atoms with Gasteiger partial charge in [-0.05, 0) is 64.3 Å². The first-order chi connectivity index (χ1) is 12.1. The SMILES string of the molecule is Cc1ccc(-n2nc(-c3cc(C)cc(C)c3)c3c2NCCCC3)cc1. The van der Waals surface area contributed by atoms with E-state index >= 15 is 0 Å². The largest absolute Gasteiger partial charge is 0.370 e. The van der Waals surface area contributed by atoms with Crippen LogP contribution in [0.1, 0.15) is 35.1 Å². The molecule has 0 amide bonds. The molecule has 0 saturated carbocycles. The number of nitrogens with zero attached hydrogens (tertiary/aromatic N) is 2. The third kappa shape index (κ3) is 3.07. The smallest absolute Gasteiger partial charge is 0.133 e. The summed E-state index contributed by atoms with van der Waals surface area (Å²) in [5.74, 6) is 1.16. The van der Waals surface area contributed by atoms with Crippen LogP contribution in [0.25, 0.3) is 16.9 Å². The Morgan fingerprint density at radius 2 is 1.60 bits per heavy atom. The standard InChI is InChI=1S/C22H25N3/c1-15-7-9-19(10-8-15)25-22-20(6-4-5-11-23-22)21(24-25)18-13-16(2)12-17(3)14-18/h7-10,12-14,23H,4-6,11H2,1-3H3. The van der Waals surface area contributed by atoms with Crippen LogP contribution in [0.2, 0.25) is 0 Å². The summed E-state index contributed by atoms with van der Waals surface area (Å²) in [6, 6.07) is 15.3. The molecule has 0 atom stereocenters. The maximum Gasteiger partial charge on any atom is 0.133 e. The molecule has 3 heteroatoms. The van der Waals surface area contributed by atoms with Gasteiger partial charge in [0.2, 0.25) is 0 Å². The van der Waals surface area contributed by atoms with Gasteiger partial charge in [0.25, 0.3) is 0 Å². The van der Waals surface area contributed by atoms with E-state index in [-0.39, 0.29) is 0 Å². The molecule has 3 aromatic rings. The van der Waals surface area contributed by atoms with Gasteiger partial charge in [-0.25, -0.2) is 4.68 Å². The topological polar surface area (TPSA) is 29.9 Å². The molecule has 0 unspecified atom stereocenters. The Morgan fingerprint density at radius 3 is 2.32 bits per heavy atom. The highest BCUT2D eigenvalue weighted by Crippen LogP contribution is 2.34. The highest BCUT2D eigenvalue weighted by atomic mass is 15.3. The van der Waals surface area contributed by atoms with Crippen LogP contribution in [0.15, 0.2) is 42.5 Å². The van der Waals surface area contributed by atoms with E-state index in [9.17, 15) is 0 Å². The van der Waals surface area contributed by atoms with Gasteiger partial charge >= 0.3 is 0 Å². The van der Waals surface area contributed by atoms with Crippen LogP contribution >= 0.6 is 0 Å². The molecular weight excluding hydrogens is 306 g/mol. The number of benzene rings is 2. The predicted octanol–water partition coefficient (Wildman–Crippen LogP) is 5.21. The Kier molecular flexibility index (Phi) is 4.08. The van der Waals surface area contributed by atoms with Gasteiger partial charge in [-0.1, -0.05) is 34.9 Å². The van der Waals surface area contributed by atoms with E-state index in [4.69, 9.17) is 5.10 Å². The van der Waals surface area contributed by atoms with Crippen LogP contribution < -0.4 is 5.32 Å². The van der Waals surface area contributed by atoms with Gasteiger partial charge < -0.3 is 5.32 Å². The monoisotopic (exact) mass is 331 g/mol. The molecule has 4 rings (SSSR count). The van der Waals surface area contributed by atoms with Crippen LogP contribution in [-0.2, 0) is 6.42 Å². The molecule has 1 aromatic heterocycles. The molecule has 0 fully saturated rings. The molecule has 0 aliphatic carbocycles. The molecule has 128 valence electrons. The van der Waals surface area contributed by atoms with Crippen LogP contribution in [0.5, 0.6) is 0 Å². The van der Waals surface area contributed by atoms with Crippen molar-refractivity contribution in [3.8, 4) is 16.9 Å². The zero-order valence-corrected chi connectivity index (χ0v) is 15.3. The van der Waals surface area contributed by atoms with E-state index in [0.29, 0.717) is 0 Å². The molecule has 0 saturated heterocycles. The fourth-order valence-corrected chi connectivity index (χ4v) is 3.72. The highest BCUT2D eigenvalue weighted by molar-refractivity contribution is 5.72. The second kappa shape index (κ2) is 6.40. The minimum atomic E-state index is 1.01. The van der Waals surface area contributed by atoms with E-state index in [0.717, 1.165) is 30.2 Å². The Labute approximate surface area is 149 Å². The molecule has 0 bridgehead atoms. The van der Waals surface area contributed by atoms with E-state index in [1.807, 2.05) is 0 Å². The summed E-state index contributed by atoms with van der Waals surface area (Å²) in [6.45, 7) is 7.44. The zero-order valence-electron chi connectivity index (χ0n) is 15.3. The van der Waals surface area contributed by atoms with Gasteiger partial charge in [0.05, 0.1) is 11.4 Å². The Morgan fingerprint density at radius 1 is 0.880 bits per heavy atom. The molecule has 0 spiro atoms. The second-order valence-corrected chi connectivity index (χ2v) is 7.18. The van der Waals surface area contributed by atoms with Crippen LogP contribution in [-0.4, -0.2) is 16.3 Å². The minimum Gasteiger partial charge on any atom is -0.370 e. The van der Waals surface area contributed by atoms with Crippen molar-refractivity contribution in [2.24, 2.45) is 0 Å². The summed E-state index contributed by atoms with van der Waals surface area (Å²) in [6.07, 6.45) is 3.49. The number of aryl methyl sites for hydroxylation is 3. The molecule has 2 aromatic carbocycles. The van der Waals surface area contributed by atoms with Gasteiger partial charge in [-0.15, -0.1) is 0 Å². The van der Waals surface area contributed by atoms with Crippen LogP contribution in [0.4, 0.5) is 5.82 Å². The molecule has 3 nitrogen and oxygen atoms in total. The Balaban J connectivity index is 1.91. The summed E-state index contributed by atoms with van der Waals surface area (Å²) in [7, 11) is 0. The van der Waals surface area contributed by atoms with Crippen molar-refractivity contribution in [3.63, 3.8) is 0 Å². The van der Waals surface area contributed by atoms with E-state index in [2.05, 4.69) is 73.2 Å². The lowest BCUT2D eigenvalue weighted by Crippen LogP contribution is -2.07. The first-order valence-corrected chi connectivity index (χ1v) is 9.13. The summed E-state index contributed by atoms with van der Waals surface area (Å²) in [5, 5.41) is 8.67. The first kappa shape index (κ1) is 15.9. The van der Waals surface area contributed by atoms with Gasteiger partial charge in [-0.2, -0.15) is 5.10 Å². The normalized spacial score (nSPS) is 13.9. The molecular formula is C22H25N3. The second-order valence-electron chi connectivity index (χ2n) is 7.18. The number of nitrogens with one attached hydrogen (secondary N) is 1. The van der Waals surface area contributed by atoms with Gasteiger partial charge in [0.1, 0.15) is 5.82 Å². The lowest BCUT2D eigenvalue weighted by molar-refractivity contribution is 0.780. The lowest BCUT2D eigenvalue weighted by Gasteiger charge is -2.09. The van der Waals surface area contributed by atoms with Gasteiger partial charge in [-0.3, -0.25) is 0 Å². The van der Waals surface area contributed by atoms with Gasteiger partial charge in [0, 0.05) is 17.7 Å². The predicted molar refractivity (Wildman–Crippen MR) is 105 cm³/mol. The van der Waals surface area contributed by atoms with E-state index in [1.54, 1.807) is 0 Å². The number of fused-ring (bicyclic) bond motifs is 1. The maximum atomic E-state index is 5.04. The lowest BCUT2D eigenvalue weighted by atomic mass is 10.00. The summed E-state index contributed by atoms with van der Waals surface area (Å²) >= 11 is 0. The van der Waals surface area contributed by atoms with Crippen LogP contribution in [0, 0.1) is 20.8 Å². The average Bonchev–Trinajstić information content (AvgIpc) is 2.77. The summed E-state index contributed by atoms with van der Waals surface area (Å²) < 4.78 is 2.09. The van der Waals surface area contributed by atoms with E-state index < -0.39 is 0 Å². The Hall–Kier alpha value is -2.55. The molecule has 25 heavy (non-hydrogen) atoms. The van der Waals surface area contributed by atoms with Crippen molar-refractivity contribution < 1.29 is 0 Å². The molecule has 1 aliphatic heterocycles. The summed E-state index contributed by atoms with van der Waals surface area (Å²) in [4.78, 5) is 0. The number of hydrogen-bond donors (Lipinski definition) is 1. The van der Waals surface area contributed by atoms with Crippen molar-refractivity contribution in [2.75, 3.05) is 11.9 Å². The summed E-state index contributed by atoms with van der Waals surface area (Å²) in [5.41, 5.74) is 8.66. The van der Waals surface area contributed by atoms with Crippen molar-refractivity contribution in [1.29, 1.82) is 0 Å². The molecule has 0 radical (unpaired) electrons. The van der Waals surface area contributed by atoms with E-state index in [1.165, 1.54) is 40.7 Å². The van der Waals surface area contributed by atoms with Crippen molar-refractivity contribution in [2.45, 2.75) is 40.0 Å². The third-order valence-electron chi connectivity index (χ3n) is 4.90. The zero-order chi connectivity index (χ0) is 17.4. The molecule has 2 heterocycles. The van der Waals surface area contributed by atoms with Gasteiger partial charge in [0.15, 0.2) is 0 Å². The number of rotatable bonds is 2. The molecule has 1 aliphatic rings. The van der Waals surface area contributed by atoms with Crippen molar-refractivity contribution in [3.05, 3.63) is 64.7 Å². The number of hydrogen-bond acceptors (Lipinski definition) is 2. The third-order valence-corrected chi connectivity index (χ3v) is 4.90. The van der Waals surface area contributed by atoms with Crippen LogP contribution in [0.3, 0.4) is 0 Å². The average molecular weight is 331 g/mol. The Bertz CT molecular complexity index is 884. The first-order valence-electron chi connectivity index (χ1n) is 9.13. The fraction of sp³-hybridized carbons (Fsp3) is 0.318. The quantitative estimate of drug-likeness (QED) is 0.698. The van der Waals surface area contributed by atoms with Crippen molar-refractivity contribution >= 4 is 5.82 Å². The molecule has 1 N–H and O–H groups in total. The fourth-order valence-electron chi connectivity index (χ4n) is 3.72. The highest BCUT2D eigenvalue weighted by Gasteiger charge is 2.21. The number of anilines is 1. The van der Waals surface area contributed by atoms with Crippen molar-refractivity contribution in [1.82, 2.24) is 9.78 Å².